The maximum atomic E-state index is 12.3. The van der Waals surface area contributed by atoms with Gasteiger partial charge in [-0.15, -0.1) is 0 Å². The van der Waals surface area contributed by atoms with E-state index in [-0.39, 0.29) is 37.1 Å². The molecule has 0 unspecified atom stereocenters. The van der Waals surface area contributed by atoms with Crippen molar-refractivity contribution in [2.45, 2.75) is 39.6 Å². The molecule has 2 aromatic rings. The Hall–Kier alpha value is -1.90. The van der Waals surface area contributed by atoms with Gasteiger partial charge < -0.3 is 30.8 Å². The molecule has 0 bridgehead atoms. The monoisotopic (exact) mass is 396 g/mol. The molecule has 1 aromatic heterocycles. The van der Waals surface area contributed by atoms with Crippen LogP contribution in [0.4, 0.5) is 0 Å². The lowest BCUT2D eigenvalue weighted by Crippen LogP contribution is -2.08. The van der Waals surface area contributed by atoms with Crippen LogP contribution in [0, 0.1) is 0 Å². The maximum absolute atomic E-state index is 12.3. The van der Waals surface area contributed by atoms with Gasteiger partial charge in [-0.2, -0.15) is 0 Å². The number of nitrogens with two attached hydrogens (primary N) is 1. The first-order valence-corrected chi connectivity index (χ1v) is 9.15. The van der Waals surface area contributed by atoms with E-state index in [1.807, 2.05) is 6.92 Å². The van der Waals surface area contributed by atoms with Crippen molar-refractivity contribution in [2.75, 3.05) is 13.2 Å². The summed E-state index contributed by atoms with van der Waals surface area (Å²) in [5.41, 5.74) is 8.96. The van der Waals surface area contributed by atoms with E-state index < -0.39 is 5.97 Å². The van der Waals surface area contributed by atoms with Crippen LogP contribution in [0.5, 0.6) is 0 Å². The molecule has 1 heterocycles. The third kappa shape index (κ3) is 4.34. The molecule has 0 fully saturated rings. The average molecular weight is 397 g/mol. The van der Waals surface area contributed by atoms with Gasteiger partial charge in [-0.3, -0.25) is 0 Å². The number of aliphatic hydroxyl groups is 3. The number of hydrogen-bond acceptors (Lipinski definition) is 6. The summed E-state index contributed by atoms with van der Waals surface area (Å²) < 4.78 is 5.17. The van der Waals surface area contributed by atoms with Crippen LogP contribution in [-0.4, -0.2) is 39.4 Å². The van der Waals surface area contributed by atoms with Crippen molar-refractivity contribution < 1.29 is 24.9 Å². The van der Waals surface area contributed by atoms with Gasteiger partial charge in [0.15, 0.2) is 0 Å². The fraction of sp³-hybridized carbons (Fsp3) is 0.421. The fourth-order valence-electron chi connectivity index (χ4n) is 3.05. The van der Waals surface area contributed by atoms with Crippen molar-refractivity contribution in [1.29, 1.82) is 0 Å². The van der Waals surface area contributed by atoms with Crippen LogP contribution in [0.1, 0.15) is 46.2 Å². The molecule has 148 valence electrons. The second-order valence-corrected chi connectivity index (χ2v) is 6.42. The fourth-order valence-corrected chi connectivity index (χ4v) is 3.39. The summed E-state index contributed by atoms with van der Waals surface area (Å²) >= 11 is 6.51. The van der Waals surface area contributed by atoms with Crippen molar-refractivity contribution in [1.82, 2.24) is 4.98 Å². The molecule has 27 heavy (non-hydrogen) atoms. The van der Waals surface area contributed by atoms with Crippen LogP contribution in [0.2, 0.25) is 5.02 Å². The molecule has 2 rings (SSSR count). The van der Waals surface area contributed by atoms with E-state index in [1.54, 1.807) is 12.1 Å². The smallest absolute Gasteiger partial charge is 0.356 e. The summed E-state index contributed by atoms with van der Waals surface area (Å²) in [6, 6.07) is 3.36. The molecule has 0 atom stereocenters. The Morgan fingerprint density at radius 2 is 1.89 bits per heavy atom. The number of aliphatic hydroxyl groups excluding tert-OH is 3. The lowest BCUT2D eigenvalue weighted by atomic mass is 9.92. The minimum atomic E-state index is -0.564. The quantitative estimate of drug-likeness (QED) is 0.411. The van der Waals surface area contributed by atoms with Crippen molar-refractivity contribution in [3.63, 3.8) is 0 Å². The van der Waals surface area contributed by atoms with E-state index in [0.29, 0.717) is 52.9 Å². The van der Waals surface area contributed by atoms with Crippen molar-refractivity contribution in [3.05, 3.63) is 45.2 Å². The molecule has 7 nitrogen and oxygen atoms in total. The van der Waals surface area contributed by atoms with Gasteiger partial charge in [0, 0.05) is 17.7 Å². The molecule has 1 aromatic carbocycles. The molecule has 0 aliphatic rings. The standard InChI is InChI=1S/C19H25ClN2O5/c1-2-7-27-19(26)18-17(20)16(15(22-18)5-6-21)12-4-3-11(8-23)13(9-24)14(12)10-25/h3-4,22-25H,2,5-10,21H2,1H3. The van der Waals surface area contributed by atoms with E-state index in [2.05, 4.69) is 4.98 Å². The molecule has 8 heteroatoms. The predicted molar refractivity (Wildman–Crippen MR) is 102 cm³/mol. The average Bonchev–Trinajstić information content (AvgIpc) is 3.00. The van der Waals surface area contributed by atoms with Crippen molar-refractivity contribution in [2.24, 2.45) is 5.73 Å². The Morgan fingerprint density at radius 3 is 2.44 bits per heavy atom. The van der Waals surface area contributed by atoms with E-state index >= 15 is 0 Å². The van der Waals surface area contributed by atoms with Gasteiger partial charge in [0.05, 0.1) is 31.5 Å². The van der Waals surface area contributed by atoms with Gasteiger partial charge >= 0.3 is 5.97 Å². The number of halogens is 1. The first-order chi connectivity index (χ1) is 13.0. The highest BCUT2D eigenvalue weighted by molar-refractivity contribution is 6.36. The number of esters is 1. The minimum absolute atomic E-state index is 0.129. The van der Waals surface area contributed by atoms with Crippen molar-refractivity contribution >= 4 is 17.6 Å². The number of hydrogen-bond donors (Lipinski definition) is 5. The molecule has 0 spiro atoms. The van der Waals surface area contributed by atoms with E-state index in [0.717, 1.165) is 0 Å². The molecule has 0 saturated carbocycles. The maximum Gasteiger partial charge on any atom is 0.356 e. The van der Waals surface area contributed by atoms with Gasteiger partial charge in [0.25, 0.3) is 0 Å². The first-order valence-electron chi connectivity index (χ1n) is 8.77. The van der Waals surface area contributed by atoms with Crippen LogP contribution in [-0.2, 0) is 31.0 Å². The van der Waals surface area contributed by atoms with E-state index in [9.17, 15) is 20.1 Å². The number of ether oxygens (including phenoxy) is 1. The highest BCUT2D eigenvalue weighted by Crippen LogP contribution is 2.39. The Kier molecular flexibility index (Phi) is 7.82. The van der Waals surface area contributed by atoms with Gasteiger partial charge in [-0.25, -0.2) is 4.79 Å². The number of carbonyl (C=O) groups is 1. The van der Waals surface area contributed by atoms with Gasteiger partial charge in [-0.1, -0.05) is 30.7 Å². The molecule has 0 aliphatic carbocycles. The molecule has 0 amide bonds. The summed E-state index contributed by atoms with van der Waals surface area (Å²) in [6.07, 6.45) is 1.11. The zero-order valence-electron chi connectivity index (χ0n) is 15.2. The Balaban J connectivity index is 2.67. The number of benzene rings is 1. The minimum Gasteiger partial charge on any atom is -0.461 e. The predicted octanol–water partition coefficient (Wildman–Crippen LogP) is 1.88. The van der Waals surface area contributed by atoms with Gasteiger partial charge in [0.2, 0.25) is 0 Å². The zero-order chi connectivity index (χ0) is 20.0. The molecular formula is C19H25ClN2O5. The lowest BCUT2D eigenvalue weighted by Gasteiger charge is -2.16. The van der Waals surface area contributed by atoms with E-state index in [1.165, 1.54) is 0 Å². The number of nitrogens with one attached hydrogen (secondary N) is 1. The Bertz CT molecular complexity index is 804. The number of H-pyrrole nitrogens is 1. The molecule has 0 radical (unpaired) electrons. The Labute approximate surface area is 162 Å². The molecule has 0 saturated heterocycles. The Morgan fingerprint density at radius 1 is 1.19 bits per heavy atom. The summed E-state index contributed by atoms with van der Waals surface area (Å²) in [6.45, 7) is 1.51. The van der Waals surface area contributed by atoms with Gasteiger partial charge in [0.1, 0.15) is 5.69 Å². The first kappa shape index (κ1) is 21.4. The SMILES string of the molecule is CCCOC(=O)c1[nH]c(CCN)c(-c2ccc(CO)c(CO)c2CO)c1Cl. The second kappa shape index (κ2) is 9.87. The normalized spacial score (nSPS) is 11.0. The highest BCUT2D eigenvalue weighted by Gasteiger charge is 2.25. The molecular weight excluding hydrogens is 372 g/mol. The summed E-state index contributed by atoms with van der Waals surface area (Å²) in [4.78, 5) is 15.3. The van der Waals surface area contributed by atoms with Gasteiger partial charge in [-0.05, 0) is 35.2 Å². The summed E-state index contributed by atoms with van der Waals surface area (Å²) in [5, 5.41) is 29.3. The second-order valence-electron chi connectivity index (χ2n) is 6.05. The van der Waals surface area contributed by atoms with Crippen molar-refractivity contribution in [3.8, 4) is 11.1 Å². The van der Waals surface area contributed by atoms with Crippen LogP contribution >= 0.6 is 11.6 Å². The van der Waals surface area contributed by atoms with Crippen LogP contribution in [0.15, 0.2) is 12.1 Å². The third-order valence-electron chi connectivity index (χ3n) is 4.34. The number of carbonyl (C=O) groups excluding carboxylic acids is 1. The highest BCUT2D eigenvalue weighted by atomic mass is 35.5. The summed E-state index contributed by atoms with van der Waals surface area (Å²) in [5.74, 6) is -0.564. The zero-order valence-corrected chi connectivity index (χ0v) is 16.0. The van der Waals surface area contributed by atoms with Crippen LogP contribution in [0.25, 0.3) is 11.1 Å². The van der Waals surface area contributed by atoms with E-state index in [4.69, 9.17) is 22.1 Å². The molecule has 0 aliphatic heterocycles. The third-order valence-corrected chi connectivity index (χ3v) is 4.71. The summed E-state index contributed by atoms with van der Waals surface area (Å²) in [7, 11) is 0. The topological polar surface area (TPSA) is 129 Å². The number of rotatable bonds is 9. The molecule has 6 N–H and O–H groups in total. The van der Waals surface area contributed by atoms with Crippen LogP contribution < -0.4 is 5.73 Å². The number of aromatic amines is 1. The largest absolute Gasteiger partial charge is 0.461 e. The van der Waals surface area contributed by atoms with Crippen LogP contribution in [0.3, 0.4) is 0 Å². The lowest BCUT2D eigenvalue weighted by molar-refractivity contribution is 0.0499. The number of aromatic nitrogens is 1.